The van der Waals surface area contributed by atoms with Crippen molar-refractivity contribution in [1.29, 1.82) is 0 Å². The van der Waals surface area contributed by atoms with Crippen molar-refractivity contribution in [2.45, 2.75) is 180 Å². The van der Waals surface area contributed by atoms with Crippen LogP contribution in [0.5, 0.6) is 0 Å². The number of aliphatic carboxylic acids is 2. The summed E-state index contributed by atoms with van der Waals surface area (Å²) in [4.78, 5) is 121. The zero-order valence-corrected chi connectivity index (χ0v) is 66.7. The molecule has 34 heteroatoms. The molecule has 612 valence electrons. The van der Waals surface area contributed by atoms with Gasteiger partial charge in [0.25, 0.3) is 11.8 Å². The van der Waals surface area contributed by atoms with E-state index in [9.17, 15) is 65.5 Å². The van der Waals surface area contributed by atoms with Crippen molar-refractivity contribution in [2.24, 2.45) is 17.2 Å². The highest BCUT2D eigenvalue weighted by Gasteiger charge is 2.39. The first-order valence-electron chi connectivity index (χ1n) is 36.5. The molecule has 0 saturated heterocycles. The third-order valence-corrected chi connectivity index (χ3v) is 18.4. The van der Waals surface area contributed by atoms with Crippen LogP contribution in [-0.4, -0.2) is 165 Å². The van der Waals surface area contributed by atoms with Gasteiger partial charge in [-0.1, -0.05) is 131 Å². The lowest BCUT2D eigenvalue weighted by molar-refractivity contribution is -0.139. The molecule has 4 aliphatic rings. The van der Waals surface area contributed by atoms with Crippen LogP contribution in [0.25, 0.3) is 21.8 Å². The molecule has 0 bridgehead atoms. The number of carboxylic acid groups (broad SMARTS) is 2. The predicted octanol–water partition coefficient (Wildman–Crippen LogP) is 13.0. The number of carbonyl (C=O) groups excluding carboxylic acids is 8. The van der Waals surface area contributed by atoms with Gasteiger partial charge < -0.3 is 52.4 Å². The van der Waals surface area contributed by atoms with E-state index in [0.717, 1.165) is 51.4 Å². The van der Waals surface area contributed by atoms with Gasteiger partial charge in [-0.2, -0.15) is 10.2 Å². The molecule has 2 aromatic heterocycles. The topological polar surface area (TPSA) is 377 Å². The van der Waals surface area contributed by atoms with Gasteiger partial charge in [-0.25, -0.2) is 27.2 Å². The van der Waals surface area contributed by atoms with Gasteiger partial charge in [0, 0.05) is 72.0 Å². The molecule has 6 amide bonds. The number of amides is 6. The molecule has 0 aliphatic heterocycles. The maximum atomic E-state index is 14.0. The number of rotatable bonds is 27. The zero-order chi connectivity index (χ0) is 83.9. The number of carbonyl (C=O) groups is 10. The molecule has 0 atom stereocenters. The number of carboxylic acids is 2. The van der Waals surface area contributed by atoms with E-state index in [0.29, 0.717) is 63.9 Å². The minimum absolute atomic E-state index is 0.00175. The van der Waals surface area contributed by atoms with E-state index in [1.54, 1.807) is 133 Å². The number of nitrogens with one attached hydrogen (secondary N) is 2. The fourth-order valence-corrected chi connectivity index (χ4v) is 11.8. The highest BCUT2D eigenvalue weighted by atomic mass is 35.5. The Balaban J connectivity index is 0.000000197. The Labute approximate surface area is 675 Å². The summed E-state index contributed by atoms with van der Waals surface area (Å²) in [6.45, 7) is 10.3. The number of hydrogen-bond acceptors (Lipinski definition) is 16. The van der Waals surface area contributed by atoms with E-state index in [1.165, 1.54) is 54.4 Å². The van der Waals surface area contributed by atoms with Gasteiger partial charge in [-0.3, -0.25) is 57.5 Å². The van der Waals surface area contributed by atoms with E-state index >= 15 is 0 Å². The van der Waals surface area contributed by atoms with E-state index in [-0.39, 0.29) is 131 Å². The maximum absolute atomic E-state index is 14.0. The maximum Gasteiger partial charge on any atom is 0.411 e. The third kappa shape index (κ3) is 29.3. The van der Waals surface area contributed by atoms with Crippen molar-refractivity contribution >= 4 is 128 Å². The molecule has 12 rings (SSSR count). The number of aromatic nitrogens is 4. The average molecular weight is 1660 g/mol. The van der Waals surface area contributed by atoms with Gasteiger partial charge >= 0.3 is 24.1 Å². The van der Waals surface area contributed by atoms with Gasteiger partial charge in [0.1, 0.15) is 59.9 Å². The van der Waals surface area contributed by atoms with E-state index in [1.807, 2.05) is 0 Å². The first kappa shape index (κ1) is 90.9. The number of aryl methyl sites for hydroxylation is 2. The summed E-state index contributed by atoms with van der Waals surface area (Å²) in [5.41, 5.74) is 17.6. The van der Waals surface area contributed by atoms with Gasteiger partial charge in [-0.05, 0) is 153 Å². The second-order valence-electron chi connectivity index (χ2n) is 29.1. The molecule has 4 fully saturated rings. The Morgan fingerprint density at radius 1 is 0.491 bits per heavy atom. The lowest BCUT2D eigenvalue weighted by Crippen LogP contribution is -2.43. The van der Waals surface area contributed by atoms with E-state index < -0.39 is 76.3 Å². The molecular formula is C80H92Cl4F4N12O14. The zero-order valence-electron chi connectivity index (χ0n) is 63.7. The smallest absolute Gasteiger partial charge is 0.411 e. The van der Waals surface area contributed by atoms with Gasteiger partial charge in [0.2, 0.25) is 11.8 Å². The van der Waals surface area contributed by atoms with Crippen molar-refractivity contribution in [3.8, 4) is 0 Å². The predicted molar refractivity (Wildman–Crippen MR) is 421 cm³/mol. The molecule has 10 N–H and O–H groups in total. The van der Waals surface area contributed by atoms with Crippen LogP contribution < -0.4 is 27.8 Å². The molecule has 0 radical (unpaired) electrons. The van der Waals surface area contributed by atoms with E-state index in [4.69, 9.17) is 83.3 Å². The lowest BCUT2D eigenvalue weighted by atomic mass is 10.1. The number of Topliss-reactive ketones (excluding diaryl/α,β-unsaturated/α-hetero) is 2. The van der Waals surface area contributed by atoms with Crippen LogP contribution in [0.4, 0.5) is 27.2 Å². The van der Waals surface area contributed by atoms with Crippen molar-refractivity contribution in [2.75, 3.05) is 26.2 Å². The Hall–Kier alpha value is -10.2. The average Bonchev–Trinajstić information content (AvgIpc) is 1.65. The molecule has 4 saturated carbocycles. The van der Waals surface area contributed by atoms with Crippen molar-refractivity contribution in [3.05, 3.63) is 198 Å². The second kappa shape index (κ2) is 42.2. The van der Waals surface area contributed by atoms with Gasteiger partial charge in [0.15, 0.2) is 17.2 Å². The molecule has 4 aliphatic carbocycles. The minimum atomic E-state index is -1.02. The number of halogens is 8. The van der Waals surface area contributed by atoms with Crippen LogP contribution in [-0.2, 0) is 77.3 Å². The van der Waals surface area contributed by atoms with Crippen LogP contribution in [0, 0.1) is 23.3 Å². The largest absolute Gasteiger partial charge is 0.480 e. The second-order valence-corrected chi connectivity index (χ2v) is 30.7. The Kier molecular flexibility index (Phi) is 33.7. The van der Waals surface area contributed by atoms with Gasteiger partial charge in [0.05, 0.1) is 50.8 Å². The summed E-state index contributed by atoms with van der Waals surface area (Å²) in [6.07, 6.45) is 7.62. The first-order chi connectivity index (χ1) is 53.8. The quantitative estimate of drug-likeness (QED) is 0.0235. The molecular weight excluding hydrogens is 1570 g/mol. The first-order valence-corrected chi connectivity index (χ1v) is 38.0. The summed E-state index contributed by atoms with van der Waals surface area (Å²) in [6, 6.07) is 33.4. The third-order valence-electron chi connectivity index (χ3n) is 17.2. The summed E-state index contributed by atoms with van der Waals surface area (Å²) in [5, 5.41) is 32.6. The number of hydrogen-bond donors (Lipinski definition) is 7. The normalized spacial score (nSPS) is 13.4. The fraction of sp³-hybridized carbons (Fsp3) is 0.400. The van der Waals surface area contributed by atoms with Crippen LogP contribution in [0.2, 0.25) is 20.1 Å². The molecule has 6 aromatic carbocycles. The molecule has 114 heavy (non-hydrogen) atoms. The monoisotopic (exact) mass is 1660 g/mol. The summed E-state index contributed by atoms with van der Waals surface area (Å²) >= 11 is 22.6. The fourth-order valence-electron chi connectivity index (χ4n) is 11.0. The number of para-hydroxylation sites is 2. The van der Waals surface area contributed by atoms with Gasteiger partial charge in [-0.15, -0.1) is 0 Å². The number of nitrogens with two attached hydrogens (primary N) is 3. The van der Waals surface area contributed by atoms with Crippen molar-refractivity contribution in [1.82, 2.24) is 44.9 Å². The number of ether oxygens (including phenoxy) is 2. The summed E-state index contributed by atoms with van der Waals surface area (Å²) < 4.78 is 67.3. The molecule has 2 heterocycles. The van der Waals surface area contributed by atoms with Crippen LogP contribution in [0.15, 0.2) is 121 Å². The standard InChI is InChI=1S/C22H21ClFN5O3.C18H23ClFNO3.C13H15ClFNO.C10H9N3O3.C10H17NO4.C7H7ClFN/c23-16-6-3-4-13(20(16)24)10-26-18(30)11-28(14-8-9-14)19(31)12-29-17-7-2-1-5-15(17)21(27-29)22(25)32;1-18(2,3)24-17(23)21(13-8-9-13)11-14(22)10-7-12-5-4-6-15(19)16(12)20;14-12-3-1-2-9(13(12)15)4-7-11(17)8-16-10-5-6-10;11-10(16)9-6-3-1-2-4-7(6)13(12-9)5-8(14)15;1-10(2,3)15-9(14)11(6-8(12)13)7-4-5-7;8-6-3-1-2-5(4-10)7(6)9/h1-7,14H,8-12H2,(H2,25,32)(H,26,30);4-6,13H,7-11H2,1-3H3;1-3,10,16H,4-8H2;1-4H,5H2,(H2,11,16)(H,14,15);7H,4-6H2,1-3H3,(H,12,13);1-3H,4,10H2. The van der Waals surface area contributed by atoms with Crippen molar-refractivity contribution in [3.63, 3.8) is 0 Å². The number of ketones is 2. The Morgan fingerprint density at radius 2 is 0.877 bits per heavy atom. The SMILES string of the molecule is CC(C)(C)OC(=O)N(CC(=O)CCc1cccc(Cl)c1F)C1CC1.CC(C)(C)OC(=O)N(CC(=O)O)C1CC1.NC(=O)c1nn(CC(=O)N(CC(=O)NCc2cccc(Cl)c2F)C2CC2)c2ccccc12.NC(=O)c1nn(CC(=O)O)c2ccccc12.NCc1cccc(Cl)c1F.O=C(CCc1cccc(Cl)c1F)CNC1CC1. The molecule has 26 nitrogen and oxygen atoms in total. The number of fused-ring (bicyclic) bond motifs is 2. The van der Waals surface area contributed by atoms with Crippen LogP contribution in [0.3, 0.4) is 0 Å². The van der Waals surface area contributed by atoms with Crippen LogP contribution >= 0.6 is 46.4 Å². The lowest BCUT2D eigenvalue weighted by Gasteiger charge is -2.27. The molecule has 0 unspecified atom stereocenters. The molecule has 8 aromatic rings. The highest BCUT2D eigenvalue weighted by Crippen LogP contribution is 2.32. The van der Waals surface area contributed by atoms with E-state index in [2.05, 4.69) is 20.8 Å². The summed E-state index contributed by atoms with van der Waals surface area (Å²) in [5.74, 6) is -5.98. The number of primary amides is 2. The minimum Gasteiger partial charge on any atom is -0.480 e. The Morgan fingerprint density at radius 3 is 1.27 bits per heavy atom. The molecule has 0 spiro atoms. The number of nitrogens with zero attached hydrogens (tertiary/aromatic N) is 7. The summed E-state index contributed by atoms with van der Waals surface area (Å²) in [7, 11) is 0. The Bertz CT molecular complexity index is 4770. The number of benzene rings is 6. The van der Waals surface area contributed by atoms with Crippen LogP contribution in [0.1, 0.15) is 149 Å². The highest BCUT2D eigenvalue weighted by molar-refractivity contribution is 6.31. The van der Waals surface area contributed by atoms with Crippen molar-refractivity contribution < 1.29 is 85.2 Å².